The van der Waals surface area contributed by atoms with E-state index in [4.69, 9.17) is 4.74 Å². The Morgan fingerprint density at radius 3 is 2.52 bits per heavy atom. The van der Waals surface area contributed by atoms with Gasteiger partial charge in [-0.1, -0.05) is 25.1 Å². The Labute approximate surface area is 134 Å². The number of nitrogens with one attached hydrogen (secondary N) is 1. The second kappa shape index (κ2) is 6.66. The van der Waals surface area contributed by atoms with Crippen molar-refractivity contribution in [3.63, 3.8) is 0 Å². The van der Waals surface area contributed by atoms with E-state index in [2.05, 4.69) is 4.72 Å². The fraction of sp³-hybridized carbons (Fsp3) is 0.200. The van der Waals surface area contributed by atoms with Crippen molar-refractivity contribution in [2.45, 2.75) is 18.2 Å². The molecule has 0 heterocycles. The van der Waals surface area contributed by atoms with E-state index in [-0.39, 0.29) is 10.6 Å². The fourth-order valence-corrected chi connectivity index (χ4v) is 3.23. The van der Waals surface area contributed by atoms with Crippen LogP contribution < -0.4 is 9.46 Å². The topological polar surface area (TPSA) is 98.5 Å². The number of nitro benzene ring substituents is 1. The lowest BCUT2D eigenvalue weighted by atomic mass is 10.1. The molecule has 0 fully saturated rings. The summed E-state index contributed by atoms with van der Waals surface area (Å²) in [5.41, 5.74) is 0.881. The fourth-order valence-electron chi connectivity index (χ4n) is 2.11. The van der Waals surface area contributed by atoms with Crippen LogP contribution in [-0.2, 0) is 16.4 Å². The number of hydrogen-bond donors (Lipinski definition) is 1. The highest BCUT2D eigenvalue weighted by Crippen LogP contribution is 2.30. The summed E-state index contributed by atoms with van der Waals surface area (Å²) in [6.45, 7) is 1.91. The molecule has 23 heavy (non-hydrogen) atoms. The minimum atomic E-state index is -3.94. The summed E-state index contributed by atoms with van der Waals surface area (Å²) in [5, 5.41) is 11.0. The van der Waals surface area contributed by atoms with Crippen molar-refractivity contribution >= 4 is 21.4 Å². The van der Waals surface area contributed by atoms with Gasteiger partial charge >= 0.3 is 5.69 Å². The van der Waals surface area contributed by atoms with Gasteiger partial charge in [-0.15, -0.1) is 0 Å². The summed E-state index contributed by atoms with van der Waals surface area (Å²) in [6.07, 6.45) is 0.654. The van der Waals surface area contributed by atoms with Gasteiger partial charge in [0.05, 0.1) is 22.6 Å². The smallest absolute Gasteiger partial charge is 0.312 e. The largest absolute Gasteiger partial charge is 0.490 e. The SMILES string of the molecule is CCc1ccccc1NS(=O)(=O)c1ccc(OC)c([N+](=O)[O-])c1. The van der Waals surface area contributed by atoms with E-state index in [9.17, 15) is 18.5 Å². The molecule has 0 aliphatic carbocycles. The second-order valence-corrected chi connectivity index (χ2v) is 6.39. The minimum absolute atomic E-state index is 0.00269. The van der Waals surface area contributed by atoms with Gasteiger partial charge in [-0.05, 0) is 30.2 Å². The lowest BCUT2D eigenvalue weighted by molar-refractivity contribution is -0.386. The Kier molecular flexibility index (Phi) is 4.85. The lowest BCUT2D eigenvalue weighted by Crippen LogP contribution is -2.14. The van der Waals surface area contributed by atoms with Crippen LogP contribution >= 0.6 is 0 Å². The highest BCUT2D eigenvalue weighted by Gasteiger charge is 2.22. The maximum absolute atomic E-state index is 12.5. The molecule has 0 unspecified atom stereocenters. The molecule has 0 atom stereocenters. The van der Waals surface area contributed by atoms with Crippen molar-refractivity contribution in [2.75, 3.05) is 11.8 Å². The molecule has 1 N–H and O–H groups in total. The third-order valence-corrected chi connectivity index (χ3v) is 4.66. The number of hydrogen-bond acceptors (Lipinski definition) is 5. The van der Waals surface area contributed by atoms with Gasteiger partial charge < -0.3 is 4.74 Å². The second-order valence-electron chi connectivity index (χ2n) is 4.71. The van der Waals surface area contributed by atoms with Crippen molar-refractivity contribution in [3.8, 4) is 5.75 Å². The van der Waals surface area contributed by atoms with E-state index in [1.165, 1.54) is 19.2 Å². The van der Waals surface area contributed by atoms with Gasteiger partial charge in [-0.2, -0.15) is 0 Å². The van der Waals surface area contributed by atoms with E-state index in [0.29, 0.717) is 12.1 Å². The van der Waals surface area contributed by atoms with Crippen molar-refractivity contribution in [1.29, 1.82) is 0 Å². The van der Waals surface area contributed by atoms with Crippen LogP contribution in [0.5, 0.6) is 5.75 Å². The monoisotopic (exact) mass is 336 g/mol. The minimum Gasteiger partial charge on any atom is -0.490 e. The average molecular weight is 336 g/mol. The number of nitro groups is 1. The molecule has 0 amide bonds. The lowest BCUT2D eigenvalue weighted by Gasteiger charge is -2.12. The Hall–Kier alpha value is -2.61. The Morgan fingerprint density at radius 1 is 1.22 bits per heavy atom. The highest BCUT2D eigenvalue weighted by molar-refractivity contribution is 7.92. The third-order valence-electron chi connectivity index (χ3n) is 3.30. The first-order chi connectivity index (χ1) is 10.9. The van der Waals surface area contributed by atoms with E-state index in [0.717, 1.165) is 11.6 Å². The zero-order valence-electron chi connectivity index (χ0n) is 12.6. The maximum Gasteiger partial charge on any atom is 0.312 e. The van der Waals surface area contributed by atoms with Crippen LogP contribution in [-0.4, -0.2) is 20.5 Å². The zero-order valence-corrected chi connectivity index (χ0v) is 13.5. The molecule has 2 aromatic rings. The molecule has 0 aliphatic heterocycles. The number of para-hydroxylation sites is 1. The van der Waals surface area contributed by atoms with Gasteiger partial charge in [-0.25, -0.2) is 8.42 Å². The van der Waals surface area contributed by atoms with Crippen LogP contribution in [0.4, 0.5) is 11.4 Å². The van der Waals surface area contributed by atoms with Gasteiger partial charge in [0.15, 0.2) is 5.75 Å². The normalized spacial score (nSPS) is 11.0. The molecule has 0 bridgehead atoms. The van der Waals surface area contributed by atoms with Gasteiger partial charge in [0.2, 0.25) is 0 Å². The standard InChI is InChI=1S/C15H16N2O5S/c1-3-11-6-4-5-7-13(11)16-23(20,21)12-8-9-15(22-2)14(10-12)17(18)19/h4-10,16H,3H2,1-2H3. The zero-order chi connectivity index (χ0) is 17.0. The molecule has 2 aromatic carbocycles. The molecular formula is C15H16N2O5S. The maximum atomic E-state index is 12.5. The number of aryl methyl sites for hydroxylation is 1. The van der Waals surface area contributed by atoms with Crippen LogP contribution in [0.1, 0.15) is 12.5 Å². The number of nitrogens with zero attached hydrogens (tertiary/aromatic N) is 1. The number of benzene rings is 2. The van der Waals surface area contributed by atoms with Gasteiger partial charge in [0, 0.05) is 6.07 Å². The number of rotatable bonds is 6. The quantitative estimate of drug-likeness (QED) is 0.646. The van der Waals surface area contributed by atoms with Gasteiger partial charge in [-0.3, -0.25) is 14.8 Å². The van der Waals surface area contributed by atoms with E-state index in [1.54, 1.807) is 12.1 Å². The van der Waals surface area contributed by atoms with Crippen molar-refractivity contribution in [2.24, 2.45) is 0 Å². The molecule has 0 spiro atoms. The number of anilines is 1. The van der Waals surface area contributed by atoms with Crippen molar-refractivity contribution in [1.82, 2.24) is 0 Å². The van der Waals surface area contributed by atoms with Crippen molar-refractivity contribution < 1.29 is 18.1 Å². The van der Waals surface area contributed by atoms with Crippen LogP contribution in [0, 0.1) is 10.1 Å². The van der Waals surface area contributed by atoms with Crippen LogP contribution in [0.3, 0.4) is 0 Å². The number of methoxy groups -OCH3 is 1. The summed E-state index contributed by atoms with van der Waals surface area (Å²) in [6, 6.07) is 10.5. The van der Waals surface area contributed by atoms with Crippen LogP contribution in [0.2, 0.25) is 0 Å². The molecule has 2 rings (SSSR count). The molecular weight excluding hydrogens is 320 g/mol. The van der Waals surface area contributed by atoms with Crippen LogP contribution in [0.25, 0.3) is 0 Å². The summed E-state index contributed by atoms with van der Waals surface area (Å²) >= 11 is 0. The summed E-state index contributed by atoms with van der Waals surface area (Å²) in [4.78, 5) is 10.1. The molecule has 0 radical (unpaired) electrons. The first-order valence-corrected chi connectivity index (χ1v) is 8.30. The average Bonchev–Trinajstić information content (AvgIpc) is 2.54. The molecule has 0 aromatic heterocycles. The van der Waals surface area contributed by atoms with Crippen LogP contribution in [0.15, 0.2) is 47.4 Å². The first kappa shape index (κ1) is 16.8. The number of sulfonamides is 1. The Morgan fingerprint density at radius 2 is 1.91 bits per heavy atom. The summed E-state index contributed by atoms with van der Waals surface area (Å²) in [7, 11) is -2.65. The first-order valence-electron chi connectivity index (χ1n) is 6.82. The molecule has 0 saturated heterocycles. The van der Waals surface area contributed by atoms with Gasteiger partial charge in [0.25, 0.3) is 10.0 Å². The van der Waals surface area contributed by atoms with E-state index >= 15 is 0 Å². The molecule has 8 heteroatoms. The highest BCUT2D eigenvalue weighted by atomic mass is 32.2. The molecule has 0 aliphatic rings. The predicted molar refractivity (Wildman–Crippen MR) is 86.3 cm³/mol. The number of ether oxygens (including phenoxy) is 1. The Bertz CT molecular complexity index is 834. The van der Waals surface area contributed by atoms with E-state index < -0.39 is 20.6 Å². The van der Waals surface area contributed by atoms with Crippen molar-refractivity contribution in [3.05, 3.63) is 58.1 Å². The molecule has 0 saturated carbocycles. The predicted octanol–water partition coefficient (Wildman–Crippen LogP) is 2.97. The summed E-state index contributed by atoms with van der Waals surface area (Å²) < 4.78 is 32.3. The summed E-state index contributed by atoms with van der Waals surface area (Å²) in [5.74, 6) is 0.00269. The molecule has 122 valence electrons. The third kappa shape index (κ3) is 3.59. The van der Waals surface area contributed by atoms with Gasteiger partial charge in [0.1, 0.15) is 0 Å². The van der Waals surface area contributed by atoms with E-state index in [1.807, 2.05) is 19.1 Å². The molecule has 7 nitrogen and oxygen atoms in total. The Balaban J connectivity index is 2.44.